The Balaban J connectivity index is 1.52. The number of likely N-dealkylation sites (tertiary alicyclic amines) is 2. The second-order valence-corrected chi connectivity index (χ2v) is 10.0. The molecule has 0 aromatic heterocycles. The highest BCUT2D eigenvalue weighted by atomic mass is 16.2. The summed E-state index contributed by atoms with van der Waals surface area (Å²) in [6.45, 7) is 13.8. The van der Waals surface area contributed by atoms with E-state index in [1.165, 1.54) is 5.56 Å². The van der Waals surface area contributed by atoms with Crippen LogP contribution in [-0.2, 0) is 4.79 Å². The molecule has 5 heteroatoms. The molecule has 2 amide bonds. The Morgan fingerprint density at radius 3 is 2.41 bits per heavy atom. The van der Waals surface area contributed by atoms with Gasteiger partial charge in [-0.1, -0.05) is 19.9 Å². The van der Waals surface area contributed by atoms with Crippen LogP contribution in [0.5, 0.6) is 0 Å². The average molecular weight is 398 g/mol. The highest BCUT2D eigenvalue weighted by molar-refractivity contribution is 5.94. The second-order valence-electron chi connectivity index (χ2n) is 10.0. The van der Waals surface area contributed by atoms with Crippen LogP contribution < -0.4 is 5.32 Å². The lowest BCUT2D eigenvalue weighted by Crippen LogP contribution is -2.53. The molecule has 1 atom stereocenters. The molecular weight excluding hydrogens is 362 g/mol. The summed E-state index contributed by atoms with van der Waals surface area (Å²) in [7, 11) is 0. The smallest absolute Gasteiger partial charge is 0.253 e. The summed E-state index contributed by atoms with van der Waals surface area (Å²) in [5.41, 5.74) is 2.89. The number of amides is 2. The number of benzene rings is 1. The van der Waals surface area contributed by atoms with Crippen LogP contribution in [0.15, 0.2) is 18.2 Å². The number of nitrogens with one attached hydrogen (secondary N) is 1. The molecule has 3 saturated heterocycles. The van der Waals surface area contributed by atoms with Gasteiger partial charge in [0.2, 0.25) is 5.91 Å². The first kappa shape index (κ1) is 20.4. The third-order valence-corrected chi connectivity index (χ3v) is 7.69. The van der Waals surface area contributed by atoms with E-state index in [1.54, 1.807) is 0 Å². The number of aryl methyl sites for hydroxylation is 2. The number of hydrogen-bond acceptors (Lipinski definition) is 3. The van der Waals surface area contributed by atoms with E-state index >= 15 is 0 Å². The fraction of sp³-hybridized carbons (Fsp3) is 0.667. The van der Waals surface area contributed by atoms with Gasteiger partial charge in [0, 0.05) is 50.2 Å². The molecule has 29 heavy (non-hydrogen) atoms. The predicted octanol–water partition coefficient (Wildman–Crippen LogP) is 3.00. The maximum Gasteiger partial charge on any atom is 0.253 e. The summed E-state index contributed by atoms with van der Waals surface area (Å²) < 4.78 is 0. The van der Waals surface area contributed by atoms with Crippen molar-refractivity contribution >= 4 is 11.8 Å². The first-order valence-electron chi connectivity index (χ1n) is 11.1. The van der Waals surface area contributed by atoms with Crippen molar-refractivity contribution in [2.75, 3.05) is 39.3 Å². The van der Waals surface area contributed by atoms with Crippen molar-refractivity contribution in [3.05, 3.63) is 34.9 Å². The Labute approximate surface area is 174 Å². The van der Waals surface area contributed by atoms with Crippen LogP contribution in [-0.4, -0.2) is 60.9 Å². The second kappa shape index (κ2) is 7.42. The molecule has 4 rings (SSSR count). The van der Waals surface area contributed by atoms with Gasteiger partial charge in [-0.05, 0) is 62.3 Å². The number of nitrogens with zero attached hydrogens (tertiary/aromatic N) is 2. The maximum absolute atomic E-state index is 13.1. The molecule has 2 spiro atoms. The lowest BCUT2D eigenvalue weighted by Gasteiger charge is -2.46. The zero-order valence-electron chi connectivity index (χ0n) is 18.4. The van der Waals surface area contributed by atoms with E-state index in [2.05, 4.69) is 37.9 Å². The minimum atomic E-state index is -0.266. The van der Waals surface area contributed by atoms with Crippen molar-refractivity contribution < 1.29 is 9.59 Å². The van der Waals surface area contributed by atoms with Gasteiger partial charge in [-0.15, -0.1) is 0 Å². The Bertz CT molecular complexity index is 810. The molecule has 1 aromatic rings. The van der Waals surface area contributed by atoms with Gasteiger partial charge in [-0.2, -0.15) is 0 Å². The van der Waals surface area contributed by atoms with Crippen LogP contribution in [0.4, 0.5) is 0 Å². The molecule has 0 saturated carbocycles. The van der Waals surface area contributed by atoms with E-state index in [4.69, 9.17) is 0 Å². The minimum absolute atomic E-state index is 0.00243. The lowest BCUT2D eigenvalue weighted by atomic mass is 9.60. The van der Waals surface area contributed by atoms with Crippen molar-refractivity contribution in [3.8, 4) is 0 Å². The van der Waals surface area contributed by atoms with Gasteiger partial charge in [0.25, 0.3) is 5.91 Å². The molecule has 1 N–H and O–H groups in total. The van der Waals surface area contributed by atoms with E-state index in [-0.39, 0.29) is 22.6 Å². The first-order valence-corrected chi connectivity index (χ1v) is 11.1. The number of hydrogen-bond donors (Lipinski definition) is 1. The molecule has 3 heterocycles. The van der Waals surface area contributed by atoms with Crippen molar-refractivity contribution in [1.29, 1.82) is 0 Å². The molecule has 3 aliphatic rings. The highest BCUT2D eigenvalue weighted by Crippen LogP contribution is 2.56. The SMILES string of the molecule is Cc1ccc(C(=O)N2CCC3(CC2)CN(CC(C)C)C[C@]32CCNC2=O)cc1C. The zero-order chi connectivity index (χ0) is 20.8. The maximum atomic E-state index is 13.1. The first-order chi connectivity index (χ1) is 13.8. The minimum Gasteiger partial charge on any atom is -0.356 e. The van der Waals surface area contributed by atoms with E-state index < -0.39 is 0 Å². The third-order valence-electron chi connectivity index (χ3n) is 7.69. The van der Waals surface area contributed by atoms with Crippen LogP contribution in [0, 0.1) is 30.6 Å². The summed E-state index contributed by atoms with van der Waals surface area (Å²) >= 11 is 0. The number of fused-ring (bicyclic) bond motifs is 1. The quantitative estimate of drug-likeness (QED) is 0.853. The summed E-state index contributed by atoms with van der Waals surface area (Å²) in [4.78, 5) is 30.6. The standard InChI is InChI=1S/C24H35N3O2/c1-17(2)14-26-15-23(24(16-26)7-10-25-22(24)29)8-11-27(12-9-23)21(28)20-6-5-18(3)19(4)13-20/h5-6,13,17H,7-12,14-16H2,1-4H3,(H,25,29)/t24-/m0/s1. The molecular formula is C24H35N3O2. The van der Waals surface area contributed by atoms with Gasteiger partial charge in [-0.3, -0.25) is 9.59 Å². The molecule has 0 bridgehead atoms. The Hall–Kier alpha value is -1.88. The fourth-order valence-corrected chi connectivity index (χ4v) is 5.99. The largest absolute Gasteiger partial charge is 0.356 e. The topological polar surface area (TPSA) is 52.7 Å². The Morgan fingerprint density at radius 2 is 1.83 bits per heavy atom. The third kappa shape index (κ3) is 3.37. The van der Waals surface area contributed by atoms with Crippen LogP contribution in [0.3, 0.4) is 0 Å². The average Bonchev–Trinajstić information content (AvgIpc) is 3.18. The van der Waals surface area contributed by atoms with E-state index in [1.807, 2.05) is 23.1 Å². The Kier molecular flexibility index (Phi) is 5.22. The van der Waals surface area contributed by atoms with E-state index in [0.717, 1.165) is 69.7 Å². The lowest BCUT2D eigenvalue weighted by molar-refractivity contribution is -0.133. The van der Waals surface area contributed by atoms with Gasteiger partial charge in [-0.25, -0.2) is 0 Å². The molecule has 0 radical (unpaired) electrons. The van der Waals surface area contributed by atoms with Crippen LogP contribution >= 0.6 is 0 Å². The zero-order valence-corrected chi connectivity index (χ0v) is 18.4. The highest BCUT2D eigenvalue weighted by Gasteiger charge is 2.63. The number of rotatable bonds is 3. The van der Waals surface area contributed by atoms with Crippen LogP contribution in [0.1, 0.15) is 54.6 Å². The van der Waals surface area contributed by atoms with Gasteiger partial charge >= 0.3 is 0 Å². The molecule has 0 aliphatic carbocycles. The Morgan fingerprint density at radius 1 is 1.10 bits per heavy atom. The van der Waals surface area contributed by atoms with Gasteiger partial charge in [0.15, 0.2) is 0 Å². The van der Waals surface area contributed by atoms with Crippen molar-refractivity contribution in [3.63, 3.8) is 0 Å². The normalized spacial score (nSPS) is 26.7. The molecule has 0 unspecified atom stereocenters. The van der Waals surface area contributed by atoms with Crippen LogP contribution in [0.25, 0.3) is 0 Å². The fourth-order valence-electron chi connectivity index (χ4n) is 5.99. The summed E-state index contributed by atoms with van der Waals surface area (Å²) in [6, 6.07) is 5.99. The van der Waals surface area contributed by atoms with E-state index in [9.17, 15) is 9.59 Å². The van der Waals surface area contributed by atoms with E-state index in [0.29, 0.717) is 5.92 Å². The monoisotopic (exact) mass is 397 g/mol. The number of carbonyl (C=O) groups is 2. The van der Waals surface area contributed by atoms with Crippen molar-refractivity contribution in [2.24, 2.45) is 16.7 Å². The predicted molar refractivity (Wildman–Crippen MR) is 115 cm³/mol. The summed E-state index contributed by atoms with van der Waals surface area (Å²) in [6.07, 6.45) is 2.78. The summed E-state index contributed by atoms with van der Waals surface area (Å²) in [5, 5.41) is 3.12. The van der Waals surface area contributed by atoms with Gasteiger partial charge in [0.1, 0.15) is 0 Å². The van der Waals surface area contributed by atoms with Gasteiger partial charge < -0.3 is 15.1 Å². The van der Waals surface area contributed by atoms with Gasteiger partial charge in [0.05, 0.1) is 5.41 Å². The number of piperidine rings is 1. The molecule has 3 fully saturated rings. The molecule has 1 aromatic carbocycles. The number of carbonyl (C=O) groups excluding carboxylic acids is 2. The molecule has 5 nitrogen and oxygen atoms in total. The molecule has 158 valence electrons. The van der Waals surface area contributed by atoms with Crippen molar-refractivity contribution in [2.45, 2.75) is 47.0 Å². The molecule has 3 aliphatic heterocycles. The van der Waals surface area contributed by atoms with Crippen LogP contribution in [0.2, 0.25) is 0 Å². The van der Waals surface area contributed by atoms with Crippen molar-refractivity contribution in [1.82, 2.24) is 15.1 Å². The summed E-state index contributed by atoms with van der Waals surface area (Å²) in [5.74, 6) is 0.973.